The highest BCUT2D eigenvalue weighted by atomic mass is 35.5. The summed E-state index contributed by atoms with van der Waals surface area (Å²) in [5.41, 5.74) is 3.66. The smallest absolute Gasteiger partial charge is 0.284 e. The van der Waals surface area contributed by atoms with Gasteiger partial charge in [0.25, 0.3) is 5.56 Å². The highest BCUT2D eigenvalue weighted by molar-refractivity contribution is 7.99. The van der Waals surface area contributed by atoms with Gasteiger partial charge in [-0.1, -0.05) is 59.6 Å². The van der Waals surface area contributed by atoms with Crippen molar-refractivity contribution in [1.29, 1.82) is 0 Å². The predicted octanol–water partition coefficient (Wildman–Crippen LogP) is 4.67. The lowest BCUT2D eigenvalue weighted by atomic mass is 10.1. The number of hydrogen-bond donors (Lipinski definition) is 0. The molecule has 0 amide bonds. The Kier molecular flexibility index (Phi) is 5.57. The first-order chi connectivity index (χ1) is 13.2. The molecule has 0 aromatic heterocycles. The van der Waals surface area contributed by atoms with Crippen molar-refractivity contribution >= 4 is 35.0 Å². The maximum Gasteiger partial charge on any atom is 0.284 e. The molecule has 4 rings (SSSR count). The van der Waals surface area contributed by atoms with Gasteiger partial charge in [0.2, 0.25) is 0 Å². The third-order valence-electron chi connectivity index (χ3n) is 4.63. The molecule has 0 radical (unpaired) electrons. The fourth-order valence-electron chi connectivity index (χ4n) is 3.37. The van der Waals surface area contributed by atoms with E-state index in [1.165, 1.54) is 22.0 Å². The number of halogens is 2. The van der Waals surface area contributed by atoms with E-state index in [1.54, 1.807) is 0 Å². The summed E-state index contributed by atoms with van der Waals surface area (Å²) >= 11 is 13.3. The molecule has 3 aliphatic heterocycles. The first kappa shape index (κ1) is 18.6. The topological polar surface area (TPSA) is 52.7 Å². The summed E-state index contributed by atoms with van der Waals surface area (Å²) in [6, 6.07) is 9.46. The number of rotatable bonds is 4. The van der Waals surface area contributed by atoms with Crippen LogP contribution in [0.1, 0.15) is 25.0 Å². The van der Waals surface area contributed by atoms with Crippen molar-refractivity contribution in [2.75, 3.05) is 5.75 Å². The summed E-state index contributed by atoms with van der Waals surface area (Å²) in [4.78, 5) is 17.8. The van der Waals surface area contributed by atoms with E-state index < -0.39 is 0 Å². The fourth-order valence-corrected chi connectivity index (χ4v) is 4.56. The van der Waals surface area contributed by atoms with Crippen LogP contribution in [-0.4, -0.2) is 25.1 Å². The maximum atomic E-state index is 13.1. The molecule has 0 saturated carbocycles. The summed E-state index contributed by atoms with van der Waals surface area (Å²) < 4.78 is 3.61. The maximum absolute atomic E-state index is 13.1. The third kappa shape index (κ3) is 3.66. The second-order valence-electron chi connectivity index (χ2n) is 6.40. The molecule has 8 heteroatoms. The molecule has 3 heterocycles. The van der Waals surface area contributed by atoms with Crippen LogP contribution in [0.4, 0.5) is 0 Å². The normalized spacial score (nSPS) is 15.0. The Hall–Kier alpha value is -1.76. The van der Waals surface area contributed by atoms with Crippen LogP contribution in [0.15, 0.2) is 50.9 Å². The van der Waals surface area contributed by atoms with Crippen LogP contribution in [0.5, 0.6) is 0 Å². The first-order valence-corrected chi connectivity index (χ1v) is 10.6. The Morgan fingerprint density at radius 1 is 1.22 bits per heavy atom. The van der Waals surface area contributed by atoms with Crippen LogP contribution >= 0.6 is 35.0 Å². The van der Waals surface area contributed by atoms with E-state index in [0.29, 0.717) is 22.2 Å². The van der Waals surface area contributed by atoms with Gasteiger partial charge in [0.05, 0.1) is 5.69 Å². The number of benzene rings is 1. The molecule has 0 atom stereocenters. The number of thioether (sulfide) groups is 1. The molecule has 3 aliphatic rings. The highest BCUT2D eigenvalue weighted by Crippen LogP contribution is 2.31. The Morgan fingerprint density at radius 3 is 2.81 bits per heavy atom. The van der Waals surface area contributed by atoms with Crippen LogP contribution in [0.2, 0.25) is 0 Å². The third-order valence-corrected chi connectivity index (χ3v) is 6.43. The fraction of sp³-hybridized carbons (Fsp3) is 0.316. The standard InChI is InChI=1S/C19H18Cl2N4OS/c20-11-13(21)12-27-19-22-17-16(15-9-5-2-6-10-24(15)19)18(26)25(23-17)14-7-3-1-4-8-14/h1,3-4,7-8,11H,2,5-6,9-10,12H2/b13-11-. The quantitative estimate of drug-likeness (QED) is 0.454. The molecule has 0 N–H and O–H groups in total. The van der Waals surface area contributed by atoms with Crippen molar-refractivity contribution in [2.24, 2.45) is 0 Å². The molecule has 0 aliphatic carbocycles. The molecule has 1 aromatic carbocycles. The summed E-state index contributed by atoms with van der Waals surface area (Å²) in [6.07, 6.45) is 4.11. The highest BCUT2D eigenvalue weighted by Gasteiger charge is 2.27. The number of para-hydroxylation sites is 1. The minimum atomic E-state index is -0.107. The average Bonchev–Trinajstić information content (AvgIpc) is 2.87. The zero-order valence-corrected chi connectivity index (χ0v) is 16.9. The zero-order valence-electron chi connectivity index (χ0n) is 14.6. The van der Waals surface area contributed by atoms with Gasteiger partial charge in [0, 0.05) is 28.6 Å². The van der Waals surface area contributed by atoms with Crippen LogP contribution in [-0.2, 0) is 13.0 Å². The molecule has 0 unspecified atom stereocenters. The Bertz CT molecular complexity index is 1010. The Labute approximate surface area is 171 Å². The Morgan fingerprint density at radius 2 is 2.04 bits per heavy atom. The lowest BCUT2D eigenvalue weighted by molar-refractivity contribution is 0.571. The van der Waals surface area contributed by atoms with Gasteiger partial charge in [-0.3, -0.25) is 4.79 Å². The molecule has 5 nitrogen and oxygen atoms in total. The van der Waals surface area contributed by atoms with Crippen molar-refractivity contribution in [3.8, 4) is 17.1 Å². The first-order valence-electron chi connectivity index (χ1n) is 8.84. The largest absolute Gasteiger partial charge is 0.324 e. The minimum Gasteiger partial charge on any atom is -0.324 e. The summed E-state index contributed by atoms with van der Waals surface area (Å²) in [6.45, 7) is 0.846. The average molecular weight is 421 g/mol. The molecule has 140 valence electrons. The van der Waals surface area contributed by atoms with Crippen LogP contribution in [0, 0.1) is 0 Å². The lowest BCUT2D eigenvalue weighted by Gasteiger charge is -2.17. The summed E-state index contributed by atoms with van der Waals surface area (Å²) in [5, 5.41) is 5.91. The second kappa shape index (κ2) is 8.09. The van der Waals surface area contributed by atoms with Gasteiger partial charge in [-0.2, -0.15) is 4.68 Å². The predicted molar refractivity (Wildman–Crippen MR) is 110 cm³/mol. The van der Waals surface area contributed by atoms with E-state index in [-0.39, 0.29) is 5.56 Å². The molecule has 1 aromatic rings. The number of nitrogens with zero attached hydrogens (tertiary/aromatic N) is 4. The molecular formula is C19H18Cl2N4OS. The van der Waals surface area contributed by atoms with E-state index in [1.807, 2.05) is 30.3 Å². The molecule has 0 spiro atoms. The van der Waals surface area contributed by atoms with Gasteiger partial charge >= 0.3 is 0 Å². The molecule has 0 bridgehead atoms. The molecule has 27 heavy (non-hydrogen) atoms. The van der Waals surface area contributed by atoms with Gasteiger partial charge in [0.1, 0.15) is 5.56 Å². The van der Waals surface area contributed by atoms with Crippen molar-refractivity contribution in [2.45, 2.75) is 37.4 Å². The van der Waals surface area contributed by atoms with Crippen molar-refractivity contribution in [3.63, 3.8) is 0 Å². The van der Waals surface area contributed by atoms with Crippen LogP contribution in [0.25, 0.3) is 17.1 Å². The van der Waals surface area contributed by atoms with E-state index in [2.05, 4.69) is 9.67 Å². The molecule has 0 fully saturated rings. The van der Waals surface area contributed by atoms with Crippen molar-refractivity contribution in [3.05, 3.63) is 56.9 Å². The summed E-state index contributed by atoms with van der Waals surface area (Å²) in [7, 11) is 0. The van der Waals surface area contributed by atoms with Gasteiger partial charge in [-0.05, 0) is 31.4 Å². The Balaban J connectivity index is 1.89. The van der Waals surface area contributed by atoms with Crippen molar-refractivity contribution in [1.82, 2.24) is 19.3 Å². The SMILES string of the molecule is O=c1c2c3n(c(SC/C(Cl)=C/Cl)nc-2nn1-c1ccccc1)CCCCC3. The lowest BCUT2D eigenvalue weighted by Crippen LogP contribution is -2.19. The summed E-state index contributed by atoms with van der Waals surface area (Å²) in [5.74, 6) is 1.03. The van der Waals surface area contributed by atoms with E-state index >= 15 is 0 Å². The number of hydrogen-bond acceptors (Lipinski definition) is 4. The zero-order chi connectivity index (χ0) is 18.8. The minimum absolute atomic E-state index is 0.107. The van der Waals surface area contributed by atoms with E-state index in [0.717, 1.165) is 48.8 Å². The number of fused-ring (bicyclic) bond motifs is 3. The molecule has 0 saturated heterocycles. The van der Waals surface area contributed by atoms with Crippen LogP contribution in [0.3, 0.4) is 0 Å². The second-order valence-corrected chi connectivity index (χ2v) is 8.05. The van der Waals surface area contributed by atoms with Crippen LogP contribution < -0.4 is 5.56 Å². The van der Waals surface area contributed by atoms with Gasteiger partial charge in [0.15, 0.2) is 11.0 Å². The monoisotopic (exact) mass is 420 g/mol. The number of aromatic nitrogens is 4. The molecular weight excluding hydrogens is 403 g/mol. The van der Waals surface area contributed by atoms with Gasteiger partial charge < -0.3 is 4.57 Å². The van der Waals surface area contributed by atoms with Crippen molar-refractivity contribution < 1.29 is 0 Å². The van der Waals surface area contributed by atoms with E-state index in [9.17, 15) is 4.79 Å². The van der Waals surface area contributed by atoms with Gasteiger partial charge in [-0.15, -0.1) is 5.10 Å². The van der Waals surface area contributed by atoms with Gasteiger partial charge in [-0.25, -0.2) is 4.98 Å². The van der Waals surface area contributed by atoms with E-state index in [4.69, 9.17) is 28.2 Å².